The van der Waals surface area contributed by atoms with E-state index in [1.807, 2.05) is 36.4 Å². The van der Waals surface area contributed by atoms with Crippen molar-refractivity contribution in [2.45, 2.75) is 12.6 Å². The lowest BCUT2D eigenvalue weighted by atomic mass is 10.0. The summed E-state index contributed by atoms with van der Waals surface area (Å²) in [5.41, 5.74) is 2.28. The Bertz CT molecular complexity index is 868. The first-order chi connectivity index (χ1) is 12.7. The Balaban J connectivity index is 1.78. The molecule has 1 atom stereocenters. The Morgan fingerprint density at radius 1 is 1.27 bits per heavy atom. The van der Waals surface area contributed by atoms with Crippen LogP contribution in [0.25, 0.3) is 0 Å². The van der Waals surface area contributed by atoms with Crippen LogP contribution in [0.3, 0.4) is 0 Å². The van der Waals surface area contributed by atoms with Crippen molar-refractivity contribution in [3.8, 4) is 11.5 Å². The average molecular weight is 371 g/mol. The molecular formula is C20H19ClN2O3. The maximum atomic E-state index is 13.0. The molecule has 0 aromatic heterocycles. The highest BCUT2D eigenvalue weighted by Crippen LogP contribution is 2.42. The average Bonchev–Trinajstić information content (AvgIpc) is 2.90. The first-order valence-corrected chi connectivity index (χ1v) is 8.93. The van der Waals surface area contributed by atoms with Gasteiger partial charge in [-0.05, 0) is 24.3 Å². The second-order valence-electron chi connectivity index (χ2n) is 6.22. The number of nitrogens with one attached hydrogen (secondary N) is 1. The Morgan fingerprint density at radius 2 is 2.08 bits per heavy atom. The molecule has 5 nitrogen and oxygen atoms in total. The van der Waals surface area contributed by atoms with E-state index in [2.05, 4.69) is 11.9 Å². The van der Waals surface area contributed by atoms with Crippen molar-refractivity contribution in [1.82, 2.24) is 4.90 Å². The minimum Gasteiger partial charge on any atom is -0.489 e. The second-order valence-corrected chi connectivity index (χ2v) is 6.63. The predicted molar refractivity (Wildman–Crippen MR) is 101 cm³/mol. The van der Waals surface area contributed by atoms with Gasteiger partial charge < -0.3 is 19.7 Å². The Kier molecular flexibility index (Phi) is 4.47. The van der Waals surface area contributed by atoms with Gasteiger partial charge in [-0.1, -0.05) is 29.8 Å². The third-order valence-electron chi connectivity index (χ3n) is 4.49. The fraction of sp³-hybridized carbons (Fsp3) is 0.250. The van der Waals surface area contributed by atoms with E-state index < -0.39 is 0 Å². The van der Waals surface area contributed by atoms with Gasteiger partial charge in [0, 0.05) is 24.2 Å². The van der Waals surface area contributed by atoms with Gasteiger partial charge >= 0.3 is 0 Å². The zero-order valence-electron chi connectivity index (χ0n) is 14.2. The molecule has 4 rings (SSSR count). The molecule has 1 amide bonds. The second kappa shape index (κ2) is 6.92. The molecule has 2 aliphatic heterocycles. The van der Waals surface area contributed by atoms with Gasteiger partial charge in [-0.25, -0.2) is 0 Å². The van der Waals surface area contributed by atoms with Gasteiger partial charge in [0.15, 0.2) is 11.5 Å². The maximum absolute atomic E-state index is 13.0. The molecule has 6 heteroatoms. The Labute approximate surface area is 157 Å². The Hall–Kier alpha value is -2.66. The van der Waals surface area contributed by atoms with Gasteiger partial charge in [-0.2, -0.15) is 0 Å². The van der Waals surface area contributed by atoms with Crippen molar-refractivity contribution >= 4 is 23.2 Å². The van der Waals surface area contributed by atoms with Gasteiger partial charge in [0.25, 0.3) is 5.91 Å². The predicted octanol–water partition coefficient (Wildman–Crippen LogP) is 4.25. The van der Waals surface area contributed by atoms with Crippen LogP contribution < -0.4 is 14.8 Å². The number of carbonyl (C=O) groups excluding carboxylic acids is 1. The number of amides is 1. The van der Waals surface area contributed by atoms with Crippen LogP contribution in [-0.2, 0) is 0 Å². The summed E-state index contributed by atoms with van der Waals surface area (Å²) in [4.78, 5) is 14.7. The first kappa shape index (κ1) is 16.8. The molecule has 0 unspecified atom stereocenters. The monoisotopic (exact) mass is 370 g/mol. The summed E-state index contributed by atoms with van der Waals surface area (Å²) in [6.07, 6.45) is 2.15. The van der Waals surface area contributed by atoms with E-state index in [0.29, 0.717) is 41.8 Å². The summed E-state index contributed by atoms with van der Waals surface area (Å²) in [6.45, 7) is 5.34. The van der Waals surface area contributed by atoms with Crippen LogP contribution >= 0.6 is 11.6 Å². The number of ether oxygens (including phenoxy) is 2. The molecule has 0 spiro atoms. The lowest BCUT2D eigenvalue weighted by Gasteiger charge is -2.37. The molecule has 0 saturated carbocycles. The quantitative estimate of drug-likeness (QED) is 0.820. The molecule has 0 aliphatic carbocycles. The smallest absolute Gasteiger partial charge is 0.258 e. The molecule has 0 bridgehead atoms. The van der Waals surface area contributed by atoms with Crippen LogP contribution in [0.15, 0.2) is 49.1 Å². The number of benzene rings is 2. The summed E-state index contributed by atoms with van der Waals surface area (Å²) in [7, 11) is 0. The molecule has 2 aromatic rings. The van der Waals surface area contributed by atoms with Crippen LogP contribution in [0, 0.1) is 0 Å². The van der Waals surface area contributed by atoms with E-state index in [4.69, 9.17) is 21.1 Å². The SMILES string of the molecule is C=CCN1C(=O)c2ccccc2N[C@@H]1c1cc(Cl)c2c(c1)OCCCO2. The first-order valence-electron chi connectivity index (χ1n) is 8.55. The number of fused-ring (bicyclic) bond motifs is 2. The fourth-order valence-corrected chi connectivity index (χ4v) is 3.57. The molecule has 2 aliphatic rings. The van der Waals surface area contributed by atoms with E-state index in [9.17, 15) is 4.79 Å². The Morgan fingerprint density at radius 3 is 2.92 bits per heavy atom. The molecule has 2 aromatic carbocycles. The van der Waals surface area contributed by atoms with E-state index in [-0.39, 0.29) is 12.1 Å². The highest BCUT2D eigenvalue weighted by molar-refractivity contribution is 6.32. The zero-order valence-corrected chi connectivity index (χ0v) is 15.0. The molecule has 0 saturated heterocycles. The largest absolute Gasteiger partial charge is 0.489 e. The summed E-state index contributed by atoms with van der Waals surface area (Å²) >= 11 is 6.44. The number of hydrogen-bond acceptors (Lipinski definition) is 4. The summed E-state index contributed by atoms with van der Waals surface area (Å²) < 4.78 is 11.5. The van der Waals surface area contributed by atoms with Crippen molar-refractivity contribution in [2.75, 3.05) is 25.1 Å². The summed E-state index contributed by atoms with van der Waals surface area (Å²) in [5, 5.41) is 3.91. The van der Waals surface area contributed by atoms with Crippen LogP contribution in [0.4, 0.5) is 5.69 Å². The molecule has 26 heavy (non-hydrogen) atoms. The maximum Gasteiger partial charge on any atom is 0.258 e. The zero-order chi connectivity index (χ0) is 18.1. The van der Waals surface area contributed by atoms with Crippen molar-refractivity contribution in [3.05, 3.63) is 65.2 Å². The molecular weight excluding hydrogens is 352 g/mol. The minimum absolute atomic E-state index is 0.0486. The van der Waals surface area contributed by atoms with Crippen molar-refractivity contribution in [2.24, 2.45) is 0 Å². The number of para-hydroxylation sites is 1. The third kappa shape index (κ3) is 2.88. The minimum atomic E-state index is -0.370. The summed E-state index contributed by atoms with van der Waals surface area (Å²) in [5.74, 6) is 1.12. The van der Waals surface area contributed by atoms with Gasteiger partial charge in [0.05, 0.1) is 23.8 Å². The molecule has 134 valence electrons. The normalized spacial score (nSPS) is 18.6. The van der Waals surface area contributed by atoms with Crippen molar-refractivity contribution in [1.29, 1.82) is 0 Å². The van der Waals surface area contributed by atoms with Crippen molar-refractivity contribution < 1.29 is 14.3 Å². The number of nitrogens with zero attached hydrogens (tertiary/aromatic N) is 1. The lowest BCUT2D eigenvalue weighted by Crippen LogP contribution is -2.43. The fourth-order valence-electron chi connectivity index (χ4n) is 3.29. The number of rotatable bonds is 3. The third-order valence-corrected chi connectivity index (χ3v) is 4.77. The van der Waals surface area contributed by atoms with E-state index >= 15 is 0 Å². The number of hydrogen-bond donors (Lipinski definition) is 1. The van der Waals surface area contributed by atoms with Gasteiger partial charge in [0.2, 0.25) is 0 Å². The number of anilines is 1. The van der Waals surface area contributed by atoms with Gasteiger partial charge in [-0.3, -0.25) is 4.79 Å². The van der Waals surface area contributed by atoms with Crippen LogP contribution in [0.5, 0.6) is 11.5 Å². The number of carbonyl (C=O) groups is 1. The highest BCUT2D eigenvalue weighted by Gasteiger charge is 2.33. The standard InChI is InChI=1S/C20H19ClN2O3/c1-2-8-23-19(22-16-7-4-3-6-14(16)20(23)24)13-11-15(21)18-17(12-13)25-9-5-10-26-18/h2-4,6-7,11-12,19,22H,1,5,8-10H2/t19-/m0/s1. The van der Waals surface area contributed by atoms with Crippen LogP contribution in [0.2, 0.25) is 5.02 Å². The summed E-state index contributed by atoms with van der Waals surface area (Å²) in [6, 6.07) is 11.2. The highest BCUT2D eigenvalue weighted by atomic mass is 35.5. The van der Waals surface area contributed by atoms with E-state index in [1.165, 1.54) is 0 Å². The van der Waals surface area contributed by atoms with Crippen LogP contribution in [0.1, 0.15) is 28.5 Å². The van der Waals surface area contributed by atoms with Crippen molar-refractivity contribution in [3.63, 3.8) is 0 Å². The van der Waals surface area contributed by atoms with Crippen LogP contribution in [-0.4, -0.2) is 30.6 Å². The molecule has 0 radical (unpaired) electrons. The topological polar surface area (TPSA) is 50.8 Å². The van der Waals surface area contributed by atoms with Gasteiger partial charge in [-0.15, -0.1) is 6.58 Å². The molecule has 1 N–H and O–H groups in total. The molecule has 0 fully saturated rings. The van der Waals surface area contributed by atoms with E-state index in [1.54, 1.807) is 11.0 Å². The lowest BCUT2D eigenvalue weighted by molar-refractivity contribution is 0.0707. The van der Waals surface area contributed by atoms with E-state index in [0.717, 1.165) is 17.7 Å². The molecule has 2 heterocycles. The number of halogens is 1. The van der Waals surface area contributed by atoms with Gasteiger partial charge in [0.1, 0.15) is 6.17 Å².